The highest BCUT2D eigenvalue weighted by molar-refractivity contribution is 6.03. The van der Waals surface area contributed by atoms with Crippen molar-refractivity contribution in [3.63, 3.8) is 0 Å². The van der Waals surface area contributed by atoms with E-state index in [1.807, 2.05) is 6.92 Å². The molecule has 1 N–H and O–H groups in total. The zero-order valence-corrected chi connectivity index (χ0v) is 15.4. The van der Waals surface area contributed by atoms with Crippen LogP contribution in [-0.4, -0.2) is 41.2 Å². The molecule has 0 spiro atoms. The van der Waals surface area contributed by atoms with Gasteiger partial charge in [0.25, 0.3) is 5.91 Å². The van der Waals surface area contributed by atoms with E-state index in [1.165, 1.54) is 17.0 Å². The average molecular weight is 399 g/mol. The van der Waals surface area contributed by atoms with Gasteiger partial charge in [0.2, 0.25) is 0 Å². The van der Waals surface area contributed by atoms with Crippen LogP contribution in [0, 0.1) is 0 Å². The number of amides is 3. The first-order valence-corrected chi connectivity index (χ1v) is 8.96. The van der Waals surface area contributed by atoms with Gasteiger partial charge in [-0.15, -0.1) is 0 Å². The molecule has 3 amide bonds. The van der Waals surface area contributed by atoms with Crippen LogP contribution in [0.2, 0.25) is 0 Å². The van der Waals surface area contributed by atoms with Crippen molar-refractivity contribution in [2.24, 2.45) is 0 Å². The van der Waals surface area contributed by atoms with Crippen molar-refractivity contribution in [2.75, 3.05) is 13.2 Å². The lowest BCUT2D eigenvalue weighted by atomic mass is 10.0. The number of aromatic nitrogens is 1. The van der Waals surface area contributed by atoms with E-state index in [9.17, 15) is 22.8 Å². The number of nitrogens with one attached hydrogen (secondary N) is 1. The highest BCUT2D eigenvalue weighted by Gasteiger charge is 2.38. The van der Waals surface area contributed by atoms with E-state index in [0.717, 1.165) is 0 Å². The molecule has 1 aliphatic heterocycles. The maximum absolute atomic E-state index is 13.0. The molecule has 0 bridgehead atoms. The summed E-state index contributed by atoms with van der Waals surface area (Å²) in [6.07, 6.45) is -2.98. The molecule has 1 atom stereocenters. The molecular weight excluding hydrogens is 379 g/mol. The van der Waals surface area contributed by atoms with Gasteiger partial charge >= 0.3 is 12.2 Å². The molecule has 0 aliphatic carbocycles. The zero-order valence-electron chi connectivity index (χ0n) is 15.4. The largest absolute Gasteiger partial charge is 0.493 e. The van der Waals surface area contributed by atoms with Crippen molar-refractivity contribution in [3.8, 4) is 5.75 Å². The number of alkyl halides is 3. The Hall–Kier alpha value is -2.78. The Kier molecular flexibility index (Phi) is 5.48. The Labute approximate surface area is 158 Å². The van der Waals surface area contributed by atoms with Gasteiger partial charge in [0, 0.05) is 12.1 Å². The SMILES string of the molecule is CCCc1c(OCCCN2C(=O)NC(=O)C2C)ccc2c(C(F)(F)F)noc12. The molecule has 3 rings (SSSR count). The minimum absolute atomic E-state index is 0.0739. The summed E-state index contributed by atoms with van der Waals surface area (Å²) in [6, 6.07) is 1.80. The molecule has 1 aromatic carbocycles. The maximum Gasteiger partial charge on any atom is 0.437 e. The second-order valence-corrected chi connectivity index (χ2v) is 6.56. The van der Waals surface area contributed by atoms with Gasteiger partial charge < -0.3 is 14.2 Å². The number of aryl methyl sites for hydroxylation is 1. The second-order valence-electron chi connectivity index (χ2n) is 6.56. The third-order valence-electron chi connectivity index (χ3n) is 4.61. The molecule has 28 heavy (non-hydrogen) atoms. The fourth-order valence-electron chi connectivity index (χ4n) is 3.18. The monoisotopic (exact) mass is 399 g/mol. The Morgan fingerprint density at radius 3 is 2.68 bits per heavy atom. The third-order valence-corrected chi connectivity index (χ3v) is 4.61. The van der Waals surface area contributed by atoms with E-state index >= 15 is 0 Å². The van der Waals surface area contributed by atoms with Gasteiger partial charge in [-0.1, -0.05) is 18.5 Å². The topological polar surface area (TPSA) is 84.7 Å². The number of urea groups is 1. The van der Waals surface area contributed by atoms with Gasteiger partial charge in [-0.2, -0.15) is 13.2 Å². The van der Waals surface area contributed by atoms with Crippen LogP contribution in [0.25, 0.3) is 11.0 Å². The molecule has 1 aromatic heterocycles. The summed E-state index contributed by atoms with van der Waals surface area (Å²) in [4.78, 5) is 24.5. The van der Waals surface area contributed by atoms with E-state index in [-0.39, 0.29) is 23.5 Å². The third kappa shape index (κ3) is 3.76. The van der Waals surface area contributed by atoms with Gasteiger partial charge in [0.1, 0.15) is 11.8 Å². The van der Waals surface area contributed by atoms with E-state index in [4.69, 9.17) is 9.26 Å². The van der Waals surface area contributed by atoms with Crippen LogP contribution in [0.1, 0.15) is 37.9 Å². The van der Waals surface area contributed by atoms with Gasteiger partial charge in [0.15, 0.2) is 11.3 Å². The molecule has 1 saturated heterocycles. The minimum Gasteiger partial charge on any atom is -0.493 e. The van der Waals surface area contributed by atoms with E-state index < -0.39 is 23.9 Å². The summed E-state index contributed by atoms with van der Waals surface area (Å²) in [5.41, 5.74) is -0.444. The van der Waals surface area contributed by atoms with Gasteiger partial charge in [-0.3, -0.25) is 10.1 Å². The number of ether oxygens (including phenoxy) is 1. The van der Waals surface area contributed by atoms with E-state index in [0.29, 0.717) is 37.1 Å². The lowest BCUT2D eigenvalue weighted by Crippen LogP contribution is -2.34. The molecule has 0 saturated carbocycles. The van der Waals surface area contributed by atoms with Crippen LogP contribution < -0.4 is 10.1 Å². The van der Waals surface area contributed by atoms with Gasteiger partial charge in [0.05, 0.1) is 12.0 Å². The fraction of sp³-hybridized carbons (Fsp3) is 0.500. The lowest BCUT2D eigenvalue weighted by Gasteiger charge is -2.18. The first kappa shape index (κ1) is 20.0. The number of imide groups is 1. The lowest BCUT2D eigenvalue weighted by molar-refractivity contribution is -0.141. The Balaban J connectivity index is 1.71. The first-order chi connectivity index (χ1) is 13.2. The number of benzene rings is 1. The Bertz CT molecular complexity index is 894. The predicted molar refractivity (Wildman–Crippen MR) is 92.8 cm³/mol. The molecule has 0 radical (unpaired) electrons. The van der Waals surface area contributed by atoms with Crippen molar-refractivity contribution >= 4 is 22.9 Å². The van der Waals surface area contributed by atoms with Crippen molar-refractivity contribution in [1.29, 1.82) is 0 Å². The van der Waals surface area contributed by atoms with Gasteiger partial charge in [-0.25, -0.2) is 4.79 Å². The number of halogens is 3. The standard InChI is InChI=1S/C18H20F3N3O4/c1-3-5-11-13(7-6-12-14(11)28-23-15(12)18(19,20)21)27-9-4-8-24-10(2)16(25)22-17(24)26/h6-7,10H,3-5,8-9H2,1-2H3,(H,22,25,26). The zero-order chi connectivity index (χ0) is 20.5. The van der Waals surface area contributed by atoms with E-state index in [1.54, 1.807) is 6.92 Å². The summed E-state index contributed by atoms with van der Waals surface area (Å²) in [5, 5.41) is 5.32. The molecule has 1 fully saturated rings. The van der Waals surface area contributed by atoms with Crippen molar-refractivity contribution in [2.45, 2.75) is 45.3 Å². The quantitative estimate of drug-likeness (QED) is 0.569. The number of carbonyl (C=O) groups excluding carboxylic acids is 2. The van der Waals surface area contributed by atoms with Crippen LogP contribution in [0.4, 0.5) is 18.0 Å². The Morgan fingerprint density at radius 1 is 1.32 bits per heavy atom. The highest BCUT2D eigenvalue weighted by atomic mass is 19.4. The summed E-state index contributed by atoms with van der Waals surface area (Å²) >= 11 is 0. The van der Waals surface area contributed by atoms with Crippen LogP contribution >= 0.6 is 0 Å². The van der Waals surface area contributed by atoms with Crippen LogP contribution in [0.15, 0.2) is 16.7 Å². The normalized spacial score (nSPS) is 17.5. The van der Waals surface area contributed by atoms with Crippen LogP contribution in [-0.2, 0) is 17.4 Å². The average Bonchev–Trinajstić information content (AvgIpc) is 3.16. The molecule has 10 heteroatoms. The smallest absolute Gasteiger partial charge is 0.437 e. The highest BCUT2D eigenvalue weighted by Crippen LogP contribution is 2.38. The number of fused-ring (bicyclic) bond motifs is 1. The summed E-state index contributed by atoms with van der Waals surface area (Å²) in [5.74, 6) is 0.0848. The maximum atomic E-state index is 13.0. The Morgan fingerprint density at radius 2 is 2.07 bits per heavy atom. The number of nitrogens with zero attached hydrogens (tertiary/aromatic N) is 2. The molecule has 1 unspecified atom stereocenters. The summed E-state index contributed by atoms with van der Waals surface area (Å²) in [6.45, 7) is 4.09. The van der Waals surface area contributed by atoms with Crippen LogP contribution in [0.5, 0.6) is 5.75 Å². The summed E-state index contributed by atoms with van der Waals surface area (Å²) < 4.78 is 49.8. The predicted octanol–water partition coefficient (Wildman–Crippen LogP) is 3.51. The molecule has 2 aromatic rings. The van der Waals surface area contributed by atoms with Crippen molar-refractivity contribution < 1.29 is 32.0 Å². The molecule has 7 nitrogen and oxygen atoms in total. The molecule has 2 heterocycles. The van der Waals surface area contributed by atoms with E-state index in [2.05, 4.69) is 10.5 Å². The number of carbonyl (C=O) groups is 2. The summed E-state index contributed by atoms with van der Waals surface area (Å²) in [7, 11) is 0. The molecule has 152 valence electrons. The first-order valence-electron chi connectivity index (χ1n) is 8.96. The molecular formula is C18H20F3N3O4. The van der Waals surface area contributed by atoms with Crippen molar-refractivity contribution in [1.82, 2.24) is 15.4 Å². The number of hydrogen-bond acceptors (Lipinski definition) is 5. The second kappa shape index (κ2) is 7.69. The van der Waals surface area contributed by atoms with Crippen molar-refractivity contribution in [3.05, 3.63) is 23.4 Å². The van der Waals surface area contributed by atoms with Gasteiger partial charge in [-0.05, 0) is 31.9 Å². The number of rotatable bonds is 7. The molecule has 1 aliphatic rings. The van der Waals surface area contributed by atoms with Crippen LogP contribution in [0.3, 0.4) is 0 Å². The minimum atomic E-state index is -4.60. The number of hydrogen-bond donors (Lipinski definition) is 1. The fourth-order valence-corrected chi connectivity index (χ4v) is 3.18.